The highest BCUT2D eigenvalue weighted by Gasteiger charge is 2.05. The van der Waals surface area contributed by atoms with Gasteiger partial charge in [0.1, 0.15) is 5.03 Å². The van der Waals surface area contributed by atoms with Crippen molar-refractivity contribution in [1.29, 1.82) is 0 Å². The largest absolute Gasteiger partial charge is 0.476 e. The van der Waals surface area contributed by atoms with E-state index in [4.69, 9.17) is 10.2 Å². The van der Waals surface area contributed by atoms with Crippen molar-refractivity contribution in [3.8, 4) is 0 Å². The Morgan fingerprint density at radius 1 is 1.54 bits per heavy atom. The van der Waals surface area contributed by atoms with Gasteiger partial charge in [-0.05, 0) is 0 Å². The minimum absolute atomic E-state index is 0.0314. The fraction of sp³-hybridized carbons (Fsp3) is 0.286. The van der Waals surface area contributed by atoms with E-state index in [0.717, 1.165) is 0 Å². The van der Waals surface area contributed by atoms with Gasteiger partial charge in [-0.25, -0.2) is 9.78 Å². The molecule has 0 spiro atoms. The summed E-state index contributed by atoms with van der Waals surface area (Å²) >= 11 is 1.27. The number of aliphatic hydroxyl groups is 1. The van der Waals surface area contributed by atoms with Crippen LogP contribution in [0.2, 0.25) is 0 Å². The van der Waals surface area contributed by atoms with Crippen molar-refractivity contribution >= 4 is 17.7 Å². The molecule has 13 heavy (non-hydrogen) atoms. The topological polar surface area (TPSA) is 83.3 Å². The van der Waals surface area contributed by atoms with Crippen molar-refractivity contribution in [2.75, 3.05) is 12.4 Å². The van der Waals surface area contributed by atoms with Crippen LogP contribution >= 0.6 is 11.8 Å². The highest BCUT2D eigenvalue weighted by atomic mass is 32.2. The minimum Gasteiger partial charge on any atom is -0.476 e. The first-order valence-electron chi connectivity index (χ1n) is 3.53. The summed E-state index contributed by atoms with van der Waals surface area (Å²) < 4.78 is 0. The van der Waals surface area contributed by atoms with Gasteiger partial charge < -0.3 is 10.2 Å². The molecule has 1 rings (SSSR count). The van der Waals surface area contributed by atoms with Crippen molar-refractivity contribution in [3.05, 3.63) is 18.1 Å². The molecule has 6 heteroatoms. The third-order valence-corrected chi connectivity index (χ3v) is 2.05. The molecule has 0 aliphatic rings. The number of aromatic carboxylic acids is 1. The van der Waals surface area contributed by atoms with E-state index in [0.29, 0.717) is 10.8 Å². The van der Waals surface area contributed by atoms with Crippen LogP contribution in [0, 0.1) is 0 Å². The predicted octanol–water partition coefficient (Wildman–Crippen LogP) is 0.259. The van der Waals surface area contributed by atoms with E-state index >= 15 is 0 Å². The normalized spacial score (nSPS) is 9.92. The zero-order valence-corrected chi connectivity index (χ0v) is 7.49. The lowest BCUT2D eigenvalue weighted by Gasteiger charge is -1.98. The fourth-order valence-electron chi connectivity index (χ4n) is 0.671. The number of hydrogen-bond donors (Lipinski definition) is 2. The Hall–Kier alpha value is -1.14. The van der Waals surface area contributed by atoms with Gasteiger partial charge in [0.15, 0.2) is 5.69 Å². The van der Waals surface area contributed by atoms with Crippen molar-refractivity contribution < 1.29 is 15.0 Å². The zero-order chi connectivity index (χ0) is 9.68. The van der Waals surface area contributed by atoms with Crippen LogP contribution in [0.4, 0.5) is 0 Å². The molecule has 0 aliphatic heterocycles. The van der Waals surface area contributed by atoms with Gasteiger partial charge in [-0.15, -0.1) is 11.8 Å². The van der Waals surface area contributed by atoms with Gasteiger partial charge in [0.25, 0.3) is 0 Å². The molecule has 0 saturated carbocycles. The van der Waals surface area contributed by atoms with Crippen LogP contribution in [-0.2, 0) is 0 Å². The molecular formula is C7H8N2O3S. The van der Waals surface area contributed by atoms with Gasteiger partial charge >= 0.3 is 5.97 Å². The molecule has 1 heterocycles. The third-order valence-electron chi connectivity index (χ3n) is 1.17. The van der Waals surface area contributed by atoms with E-state index in [2.05, 4.69) is 9.97 Å². The molecule has 0 atom stereocenters. The van der Waals surface area contributed by atoms with Crippen LogP contribution in [0.1, 0.15) is 10.5 Å². The number of aliphatic hydroxyl groups excluding tert-OH is 1. The zero-order valence-electron chi connectivity index (χ0n) is 6.67. The summed E-state index contributed by atoms with van der Waals surface area (Å²) in [5, 5.41) is 17.6. The Labute approximate surface area is 78.8 Å². The van der Waals surface area contributed by atoms with Crippen LogP contribution in [0.5, 0.6) is 0 Å². The number of thioether (sulfide) groups is 1. The lowest BCUT2D eigenvalue weighted by atomic mass is 10.5. The second-order valence-corrected chi connectivity index (χ2v) is 3.23. The van der Waals surface area contributed by atoms with Crippen LogP contribution < -0.4 is 0 Å². The molecule has 1 aromatic rings. The van der Waals surface area contributed by atoms with E-state index in [1.807, 2.05) is 0 Å². The quantitative estimate of drug-likeness (QED) is 0.678. The van der Waals surface area contributed by atoms with Crippen molar-refractivity contribution in [3.63, 3.8) is 0 Å². The van der Waals surface area contributed by atoms with E-state index in [9.17, 15) is 4.79 Å². The van der Waals surface area contributed by atoms with Gasteiger partial charge in [0.2, 0.25) is 0 Å². The van der Waals surface area contributed by atoms with Crippen molar-refractivity contribution in [2.45, 2.75) is 5.03 Å². The molecule has 1 aromatic heterocycles. The third kappa shape index (κ3) is 3.00. The number of carbonyl (C=O) groups is 1. The number of nitrogens with zero attached hydrogens (tertiary/aromatic N) is 2. The molecule has 5 nitrogen and oxygen atoms in total. The standard InChI is InChI=1S/C7H8N2O3S/c10-1-2-13-6-4-8-3-5(9-6)7(11)12/h3-4,10H,1-2H2,(H,11,12). The Morgan fingerprint density at radius 2 is 2.31 bits per heavy atom. The maximum Gasteiger partial charge on any atom is 0.356 e. The average Bonchev–Trinajstić information content (AvgIpc) is 2.15. The second-order valence-electron chi connectivity index (χ2n) is 2.12. The molecule has 70 valence electrons. The lowest BCUT2D eigenvalue weighted by Crippen LogP contribution is -2.02. The summed E-state index contributed by atoms with van der Waals surface area (Å²) in [6.07, 6.45) is 2.65. The molecular weight excluding hydrogens is 192 g/mol. The predicted molar refractivity (Wildman–Crippen MR) is 46.8 cm³/mol. The highest BCUT2D eigenvalue weighted by molar-refractivity contribution is 7.99. The van der Waals surface area contributed by atoms with Gasteiger partial charge in [-0.1, -0.05) is 0 Å². The van der Waals surface area contributed by atoms with Gasteiger partial charge in [0.05, 0.1) is 19.0 Å². The van der Waals surface area contributed by atoms with Gasteiger partial charge in [0, 0.05) is 5.75 Å². The molecule has 0 fully saturated rings. The molecule has 0 bridgehead atoms. The lowest BCUT2D eigenvalue weighted by molar-refractivity contribution is 0.0689. The molecule has 0 amide bonds. The van der Waals surface area contributed by atoms with E-state index in [1.54, 1.807) is 0 Å². The smallest absolute Gasteiger partial charge is 0.356 e. The summed E-state index contributed by atoms with van der Waals surface area (Å²) in [7, 11) is 0. The summed E-state index contributed by atoms with van der Waals surface area (Å²) in [6.45, 7) is 0.0314. The van der Waals surface area contributed by atoms with Crippen LogP contribution in [-0.4, -0.2) is 38.5 Å². The fourth-order valence-corrected chi connectivity index (χ4v) is 1.27. The summed E-state index contributed by atoms with van der Waals surface area (Å²) in [6, 6.07) is 0. The van der Waals surface area contributed by atoms with E-state index in [1.165, 1.54) is 24.2 Å². The average molecular weight is 200 g/mol. The second kappa shape index (κ2) is 4.78. The maximum absolute atomic E-state index is 10.5. The van der Waals surface area contributed by atoms with Crippen LogP contribution in [0.15, 0.2) is 17.4 Å². The first-order chi connectivity index (χ1) is 6.24. The Kier molecular flexibility index (Phi) is 3.66. The molecule has 0 aliphatic carbocycles. The number of rotatable bonds is 4. The van der Waals surface area contributed by atoms with Crippen LogP contribution in [0.25, 0.3) is 0 Å². The van der Waals surface area contributed by atoms with Crippen molar-refractivity contribution in [1.82, 2.24) is 9.97 Å². The first-order valence-corrected chi connectivity index (χ1v) is 4.51. The highest BCUT2D eigenvalue weighted by Crippen LogP contribution is 2.12. The maximum atomic E-state index is 10.5. The summed E-state index contributed by atoms with van der Waals surface area (Å²) in [5.41, 5.74) is -0.0806. The number of hydrogen-bond acceptors (Lipinski definition) is 5. The van der Waals surface area contributed by atoms with E-state index < -0.39 is 5.97 Å². The summed E-state index contributed by atoms with van der Waals surface area (Å²) in [4.78, 5) is 18.0. The van der Waals surface area contributed by atoms with Crippen molar-refractivity contribution in [2.24, 2.45) is 0 Å². The summed E-state index contributed by atoms with van der Waals surface area (Å²) in [5.74, 6) is -0.614. The Balaban J connectivity index is 2.73. The van der Waals surface area contributed by atoms with Gasteiger partial charge in [-0.3, -0.25) is 4.98 Å². The molecule has 2 N–H and O–H groups in total. The van der Waals surface area contributed by atoms with Gasteiger partial charge in [-0.2, -0.15) is 0 Å². The molecule has 0 saturated heterocycles. The number of carboxylic acid groups (broad SMARTS) is 1. The minimum atomic E-state index is -1.10. The van der Waals surface area contributed by atoms with E-state index in [-0.39, 0.29) is 12.3 Å². The molecule has 0 unspecified atom stereocenters. The molecule has 0 aromatic carbocycles. The number of aromatic nitrogens is 2. The monoisotopic (exact) mass is 200 g/mol. The van der Waals surface area contributed by atoms with Crippen LogP contribution in [0.3, 0.4) is 0 Å². The molecule has 0 radical (unpaired) electrons. The Morgan fingerprint density at radius 3 is 2.92 bits per heavy atom. The number of carboxylic acids is 1. The first kappa shape index (κ1) is 9.94. The SMILES string of the molecule is O=C(O)c1cncc(SCCO)n1. The Bertz CT molecular complexity index is 306.